The summed E-state index contributed by atoms with van der Waals surface area (Å²) in [4.78, 5) is 0.0592. The van der Waals surface area contributed by atoms with Crippen molar-refractivity contribution in [1.29, 1.82) is 0 Å². The van der Waals surface area contributed by atoms with E-state index < -0.39 is 20.0 Å². The van der Waals surface area contributed by atoms with E-state index in [1.807, 2.05) is 38.1 Å². The Balaban J connectivity index is 1.87. The van der Waals surface area contributed by atoms with Crippen LogP contribution in [0.4, 0.5) is 0 Å². The maximum Gasteiger partial charge on any atom is 0.283 e. The predicted octanol–water partition coefficient (Wildman–Crippen LogP) is 4.31. The van der Waals surface area contributed by atoms with Crippen LogP contribution in [0.5, 0.6) is 0 Å². The van der Waals surface area contributed by atoms with Crippen molar-refractivity contribution in [2.45, 2.75) is 30.1 Å². The third kappa shape index (κ3) is 4.37. The second kappa shape index (κ2) is 8.37. The molecule has 0 fully saturated rings. The summed E-state index contributed by atoms with van der Waals surface area (Å²) < 4.78 is 58.0. The zero-order valence-corrected chi connectivity index (χ0v) is 19.3. The van der Waals surface area contributed by atoms with Crippen LogP contribution in [-0.4, -0.2) is 27.0 Å². The van der Waals surface area contributed by atoms with Crippen LogP contribution in [0.25, 0.3) is 6.08 Å². The Labute approximate surface area is 188 Å². The molecule has 0 atom stereocenters. The van der Waals surface area contributed by atoms with Crippen molar-refractivity contribution in [3.63, 3.8) is 0 Å². The molecule has 0 aromatic heterocycles. The largest absolute Gasteiger partial charge is 0.283 e. The molecular formula is C24H22N2O4S2. The summed E-state index contributed by atoms with van der Waals surface area (Å²) in [5.41, 5.74) is 3.41. The normalized spacial score (nSPS) is 15.4. The highest BCUT2D eigenvalue weighted by molar-refractivity contribution is 7.91. The summed E-state index contributed by atoms with van der Waals surface area (Å²) in [6.45, 7) is 3.71. The summed E-state index contributed by atoms with van der Waals surface area (Å²) in [6, 6.07) is 20.0. The molecule has 0 spiro atoms. The number of aryl methyl sites for hydroxylation is 2. The van der Waals surface area contributed by atoms with Gasteiger partial charge < -0.3 is 0 Å². The van der Waals surface area contributed by atoms with Crippen LogP contribution in [0.1, 0.15) is 22.3 Å². The van der Waals surface area contributed by atoms with Gasteiger partial charge in [0.2, 0.25) is 0 Å². The fourth-order valence-electron chi connectivity index (χ4n) is 3.36. The van der Waals surface area contributed by atoms with Crippen molar-refractivity contribution in [3.05, 3.63) is 101 Å². The van der Waals surface area contributed by atoms with Gasteiger partial charge in [-0.15, -0.1) is 4.40 Å². The third-order valence-electron chi connectivity index (χ3n) is 5.17. The maximum atomic E-state index is 13.5. The molecule has 4 rings (SSSR count). The van der Waals surface area contributed by atoms with E-state index in [9.17, 15) is 16.8 Å². The number of amidine groups is 1. The molecule has 0 N–H and O–H groups in total. The average molecular weight is 467 g/mol. The number of nitrogens with zero attached hydrogens (tertiary/aromatic N) is 2. The highest BCUT2D eigenvalue weighted by atomic mass is 32.2. The standard InChI is InChI=1S/C24H22N2O4S2/c1-18-7-11-22(12-8-18)31(27,28)25-24-17-21-6-4-3-5-20(21)15-16-26(24)32(29,30)23-13-9-19(2)10-14-23/h3-16H,17H2,1-2H3/b25-24-. The minimum absolute atomic E-state index is 0.00444. The van der Waals surface area contributed by atoms with Crippen molar-refractivity contribution in [3.8, 4) is 0 Å². The van der Waals surface area contributed by atoms with Crippen molar-refractivity contribution in [1.82, 2.24) is 4.31 Å². The molecule has 3 aromatic rings. The number of fused-ring (bicyclic) bond motifs is 1. The molecule has 0 unspecified atom stereocenters. The number of benzene rings is 3. The molecule has 6 nitrogen and oxygen atoms in total. The van der Waals surface area contributed by atoms with Crippen LogP contribution in [-0.2, 0) is 26.5 Å². The van der Waals surface area contributed by atoms with E-state index in [1.54, 1.807) is 30.3 Å². The number of hydrogen-bond donors (Lipinski definition) is 0. The first kappa shape index (κ1) is 22.0. The molecule has 0 aliphatic carbocycles. The van der Waals surface area contributed by atoms with E-state index in [0.29, 0.717) is 0 Å². The first-order valence-electron chi connectivity index (χ1n) is 9.94. The first-order chi connectivity index (χ1) is 15.2. The molecule has 0 radical (unpaired) electrons. The molecular weight excluding hydrogens is 444 g/mol. The summed E-state index contributed by atoms with van der Waals surface area (Å²) in [5, 5.41) is 0. The summed E-state index contributed by atoms with van der Waals surface area (Å²) in [6.07, 6.45) is 3.06. The summed E-state index contributed by atoms with van der Waals surface area (Å²) in [7, 11) is -8.21. The van der Waals surface area contributed by atoms with E-state index in [-0.39, 0.29) is 22.0 Å². The Morgan fingerprint density at radius 1 is 0.750 bits per heavy atom. The van der Waals surface area contributed by atoms with Crippen molar-refractivity contribution < 1.29 is 16.8 Å². The summed E-state index contributed by atoms with van der Waals surface area (Å²) in [5.74, 6) is -0.0904. The van der Waals surface area contributed by atoms with Gasteiger partial charge in [-0.05, 0) is 55.3 Å². The highest BCUT2D eigenvalue weighted by Gasteiger charge is 2.30. The molecule has 32 heavy (non-hydrogen) atoms. The van der Waals surface area contributed by atoms with Crippen LogP contribution < -0.4 is 0 Å². The minimum Gasteiger partial charge on any atom is -0.227 e. The van der Waals surface area contributed by atoms with Crippen LogP contribution >= 0.6 is 0 Å². The monoisotopic (exact) mass is 466 g/mol. The fraction of sp³-hybridized carbons (Fsp3) is 0.125. The van der Waals surface area contributed by atoms with Crippen molar-refractivity contribution in [2.24, 2.45) is 4.40 Å². The molecule has 1 aliphatic heterocycles. The molecule has 1 aliphatic rings. The topological polar surface area (TPSA) is 83.9 Å². The lowest BCUT2D eigenvalue weighted by Gasteiger charge is -2.21. The van der Waals surface area contributed by atoms with E-state index in [0.717, 1.165) is 26.6 Å². The molecule has 0 bridgehead atoms. The highest BCUT2D eigenvalue weighted by Crippen LogP contribution is 2.26. The Morgan fingerprint density at radius 2 is 1.31 bits per heavy atom. The van der Waals surface area contributed by atoms with E-state index in [4.69, 9.17) is 0 Å². The van der Waals surface area contributed by atoms with Gasteiger partial charge >= 0.3 is 0 Å². The van der Waals surface area contributed by atoms with Crippen LogP contribution in [0, 0.1) is 13.8 Å². The Hall–Kier alpha value is -3.23. The second-order valence-corrected chi connectivity index (χ2v) is 11.0. The van der Waals surface area contributed by atoms with Gasteiger partial charge in [-0.25, -0.2) is 12.7 Å². The van der Waals surface area contributed by atoms with Gasteiger partial charge in [0.25, 0.3) is 20.0 Å². The van der Waals surface area contributed by atoms with Crippen molar-refractivity contribution >= 4 is 32.0 Å². The zero-order valence-electron chi connectivity index (χ0n) is 17.6. The van der Waals surface area contributed by atoms with Gasteiger partial charge in [-0.3, -0.25) is 0 Å². The van der Waals surface area contributed by atoms with Crippen molar-refractivity contribution in [2.75, 3.05) is 0 Å². The Morgan fingerprint density at radius 3 is 1.94 bits per heavy atom. The maximum absolute atomic E-state index is 13.5. The molecule has 164 valence electrons. The van der Waals surface area contributed by atoms with E-state index in [1.165, 1.54) is 30.5 Å². The third-order valence-corrected chi connectivity index (χ3v) is 8.21. The number of rotatable bonds is 4. The van der Waals surface area contributed by atoms with Gasteiger partial charge in [0, 0.05) is 12.6 Å². The second-order valence-electron chi connectivity index (χ2n) is 7.60. The lowest BCUT2D eigenvalue weighted by Crippen LogP contribution is -2.33. The SMILES string of the molecule is Cc1ccc(S(=O)(=O)/N=C2/Cc3ccccc3C=CN2S(=O)(=O)c2ccc(C)cc2)cc1. The Bertz CT molecular complexity index is 1420. The van der Waals surface area contributed by atoms with E-state index >= 15 is 0 Å². The van der Waals surface area contributed by atoms with Crippen LogP contribution in [0.3, 0.4) is 0 Å². The van der Waals surface area contributed by atoms with E-state index in [2.05, 4.69) is 4.40 Å². The predicted molar refractivity (Wildman–Crippen MR) is 125 cm³/mol. The van der Waals surface area contributed by atoms with Gasteiger partial charge in [0.05, 0.1) is 9.79 Å². The van der Waals surface area contributed by atoms with Gasteiger partial charge in [-0.2, -0.15) is 8.42 Å². The van der Waals surface area contributed by atoms with Gasteiger partial charge in [0.1, 0.15) is 5.84 Å². The molecule has 0 saturated heterocycles. The quantitative estimate of drug-likeness (QED) is 0.574. The molecule has 0 amide bonds. The number of sulfonamides is 2. The van der Waals surface area contributed by atoms with Gasteiger partial charge in [-0.1, -0.05) is 59.7 Å². The molecule has 0 saturated carbocycles. The molecule has 1 heterocycles. The lowest BCUT2D eigenvalue weighted by atomic mass is 10.1. The summed E-state index contributed by atoms with van der Waals surface area (Å²) >= 11 is 0. The number of hydrogen-bond acceptors (Lipinski definition) is 4. The fourth-order valence-corrected chi connectivity index (χ4v) is 5.74. The van der Waals surface area contributed by atoms with Crippen LogP contribution in [0.2, 0.25) is 0 Å². The molecule has 8 heteroatoms. The Kier molecular flexibility index (Phi) is 5.75. The molecule has 3 aromatic carbocycles. The zero-order chi connectivity index (χ0) is 22.9. The van der Waals surface area contributed by atoms with Gasteiger partial charge in [0.15, 0.2) is 0 Å². The average Bonchev–Trinajstić information content (AvgIpc) is 2.93. The lowest BCUT2D eigenvalue weighted by molar-refractivity contribution is 0.562. The smallest absolute Gasteiger partial charge is 0.227 e. The minimum atomic E-state index is -4.13. The van der Waals surface area contributed by atoms with Crippen LogP contribution in [0.15, 0.2) is 93.2 Å². The first-order valence-corrected chi connectivity index (χ1v) is 12.8.